The van der Waals surface area contributed by atoms with Crippen molar-refractivity contribution >= 4 is 22.6 Å². The second-order valence-corrected chi connectivity index (χ2v) is 8.32. The Labute approximate surface area is 170 Å². The summed E-state index contributed by atoms with van der Waals surface area (Å²) in [5.74, 6) is 1.60. The Balaban J connectivity index is 1.57. The van der Waals surface area contributed by atoms with Crippen LogP contribution in [0.5, 0.6) is 0 Å². The molecular formula is C20H29FN6S. The molecule has 2 aromatic rings. The van der Waals surface area contributed by atoms with E-state index in [1.165, 1.54) is 17.6 Å². The first kappa shape index (κ1) is 20.5. The van der Waals surface area contributed by atoms with Crippen molar-refractivity contribution in [2.24, 2.45) is 4.99 Å². The molecule has 6 nitrogen and oxygen atoms in total. The number of halogens is 1. The van der Waals surface area contributed by atoms with E-state index in [1.807, 2.05) is 26.0 Å². The molecule has 152 valence electrons. The molecule has 0 aliphatic carbocycles. The summed E-state index contributed by atoms with van der Waals surface area (Å²) in [6, 6.07) is 6.97. The van der Waals surface area contributed by atoms with Gasteiger partial charge in [0, 0.05) is 63.1 Å². The molecule has 1 fully saturated rings. The van der Waals surface area contributed by atoms with Crippen LogP contribution in [0.15, 0.2) is 29.3 Å². The van der Waals surface area contributed by atoms with E-state index in [-0.39, 0.29) is 11.2 Å². The Hall–Kier alpha value is -2.22. The minimum atomic E-state index is -0.341. The van der Waals surface area contributed by atoms with Gasteiger partial charge in [-0.1, -0.05) is 39.0 Å². The normalized spacial score (nSPS) is 15.8. The van der Waals surface area contributed by atoms with Crippen LogP contribution in [0, 0.1) is 5.82 Å². The molecule has 0 amide bonds. The van der Waals surface area contributed by atoms with Crippen molar-refractivity contribution in [3.63, 3.8) is 0 Å². The topological polar surface area (TPSA) is 56.7 Å². The number of benzene rings is 1. The summed E-state index contributed by atoms with van der Waals surface area (Å²) < 4.78 is 18.6. The minimum Gasteiger partial charge on any atom is -0.355 e. The van der Waals surface area contributed by atoms with E-state index < -0.39 is 0 Å². The molecule has 1 aliphatic rings. The van der Waals surface area contributed by atoms with Crippen molar-refractivity contribution in [1.29, 1.82) is 0 Å². The molecule has 1 aromatic heterocycles. The zero-order valence-corrected chi connectivity index (χ0v) is 17.9. The van der Waals surface area contributed by atoms with Crippen LogP contribution in [0.2, 0.25) is 0 Å². The van der Waals surface area contributed by atoms with Gasteiger partial charge in [-0.2, -0.15) is 4.37 Å². The second-order valence-electron chi connectivity index (χ2n) is 7.59. The molecule has 28 heavy (non-hydrogen) atoms. The highest BCUT2D eigenvalue weighted by Gasteiger charge is 2.26. The molecule has 1 N–H and O–H groups in total. The molecule has 0 saturated carbocycles. The van der Waals surface area contributed by atoms with Crippen molar-refractivity contribution < 1.29 is 4.39 Å². The smallest absolute Gasteiger partial charge is 0.205 e. The Morgan fingerprint density at radius 2 is 1.96 bits per heavy atom. The third kappa shape index (κ3) is 4.60. The first-order valence-electron chi connectivity index (χ1n) is 9.72. The van der Waals surface area contributed by atoms with E-state index in [1.54, 1.807) is 13.1 Å². The third-order valence-electron chi connectivity index (χ3n) is 5.13. The number of aromatic nitrogens is 2. The molecule has 2 heterocycles. The quantitative estimate of drug-likeness (QED) is 0.613. The monoisotopic (exact) mass is 404 g/mol. The van der Waals surface area contributed by atoms with Gasteiger partial charge >= 0.3 is 0 Å². The van der Waals surface area contributed by atoms with Gasteiger partial charge < -0.3 is 15.1 Å². The van der Waals surface area contributed by atoms with E-state index >= 15 is 0 Å². The highest BCUT2D eigenvalue weighted by atomic mass is 32.1. The minimum absolute atomic E-state index is 0.165. The number of rotatable bonds is 5. The van der Waals surface area contributed by atoms with Crippen LogP contribution >= 0.6 is 11.5 Å². The summed E-state index contributed by atoms with van der Waals surface area (Å²) in [5.41, 5.74) is 0.373. The molecule has 8 heteroatoms. The second kappa shape index (κ2) is 8.86. The highest BCUT2D eigenvalue weighted by Crippen LogP contribution is 2.25. The fourth-order valence-corrected chi connectivity index (χ4v) is 4.17. The van der Waals surface area contributed by atoms with Gasteiger partial charge in [-0.25, -0.2) is 9.37 Å². The van der Waals surface area contributed by atoms with Gasteiger partial charge in [0.15, 0.2) is 5.96 Å². The maximum absolute atomic E-state index is 14.2. The van der Waals surface area contributed by atoms with Crippen LogP contribution < -0.4 is 10.2 Å². The van der Waals surface area contributed by atoms with Crippen molar-refractivity contribution in [2.75, 3.05) is 44.7 Å². The van der Waals surface area contributed by atoms with Gasteiger partial charge in [0.2, 0.25) is 5.13 Å². The molecule has 0 bridgehead atoms. The Morgan fingerprint density at radius 3 is 2.57 bits per heavy atom. The summed E-state index contributed by atoms with van der Waals surface area (Å²) in [5, 5.41) is 4.44. The maximum atomic E-state index is 14.2. The Morgan fingerprint density at radius 1 is 1.25 bits per heavy atom. The molecule has 0 unspecified atom stereocenters. The molecule has 3 rings (SSSR count). The maximum Gasteiger partial charge on any atom is 0.205 e. The lowest BCUT2D eigenvalue weighted by atomic mass is 9.84. The number of hydrogen-bond acceptors (Lipinski definition) is 5. The summed E-state index contributed by atoms with van der Waals surface area (Å²) in [4.78, 5) is 13.6. The molecule has 1 aromatic carbocycles. The SMILES string of the molecule is CCc1nsc(N2CCN(C(=NC)NCC(C)(C)c3ccccc3F)CC2)n1. The average Bonchev–Trinajstić information content (AvgIpc) is 3.18. The van der Waals surface area contributed by atoms with Crippen LogP contribution in [-0.2, 0) is 11.8 Å². The number of nitrogens with one attached hydrogen (secondary N) is 1. The van der Waals surface area contributed by atoms with Crippen molar-refractivity contribution in [2.45, 2.75) is 32.6 Å². The summed E-state index contributed by atoms with van der Waals surface area (Å²) in [7, 11) is 1.79. The number of aliphatic imine (C=N–C) groups is 1. The highest BCUT2D eigenvalue weighted by molar-refractivity contribution is 7.09. The first-order valence-corrected chi connectivity index (χ1v) is 10.5. The predicted octanol–water partition coefficient (Wildman–Crippen LogP) is 2.91. The van der Waals surface area contributed by atoms with Gasteiger partial charge in [-0.3, -0.25) is 4.99 Å². The van der Waals surface area contributed by atoms with Gasteiger partial charge in [-0.15, -0.1) is 0 Å². The van der Waals surface area contributed by atoms with E-state index in [0.717, 1.165) is 49.5 Å². The summed E-state index contributed by atoms with van der Waals surface area (Å²) in [6.45, 7) is 10.3. The van der Waals surface area contributed by atoms with E-state index in [2.05, 4.69) is 36.4 Å². The Kier molecular flexibility index (Phi) is 6.49. The van der Waals surface area contributed by atoms with E-state index in [4.69, 9.17) is 0 Å². The van der Waals surface area contributed by atoms with Crippen LogP contribution in [-0.4, -0.2) is 60.0 Å². The molecule has 0 spiro atoms. The molecule has 1 aliphatic heterocycles. The van der Waals surface area contributed by atoms with Crippen LogP contribution in [0.1, 0.15) is 32.2 Å². The van der Waals surface area contributed by atoms with Gasteiger partial charge in [0.1, 0.15) is 11.6 Å². The zero-order valence-electron chi connectivity index (χ0n) is 17.1. The van der Waals surface area contributed by atoms with Gasteiger partial charge in [0.25, 0.3) is 0 Å². The lowest BCUT2D eigenvalue weighted by Gasteiger charge is -2.37. The molecule has 1 saturated heterocycles. The standard InChI is InChI=1S/C20H29FN6S/c1-5-17-24-19(28-25-17)27-12-10-26(11-13-27)18(22-4)23-14-20(2,3)15-8-6-7-9-16(15)21/h6-9H,5,10-14H2,1-4H3,(H,22,23). The van der Waals surface area contributed by atoms with E-state index in [0.29, 0.717) is 12.1 Å². The van der Waals surface area contributed by atoms with Gasteiger partial charge in [0.05, 0.1) is 0 Å². The Bertz CT molecular complexity index is 811. The average molecular weight is 405 g/mol. The number of hydrogen-bond donors (Lipinski definition) is 1. The molecule has 0 atom stereocenters. The van der Waals surface area contributed by atoms with Crippen molar-refractivity contribution in [3.05, 3.63) is 41.5 Å². The summed E-state index contributed by atoms with van der Waals surface area (Å²) >= 11 is 1.47. The number of guanidine groups is 1. The fourth-order valence-electron chi connectivity index (χ4n) is 3.36. The number of nitrogens with zero attached hydrogens (tertiary/aromatic N) is 5. The van der Waals surface area contributed by atoms with E-state index in [9.17, 15) is 4.39 Å². The predicted molar refractivity (Wildman–Crippen MR) is 114 cm³/mol. The number of anilines is 1. The number of piperazine rings is 1. The molecule has 0 radical (unpaired) electrons. The lowest BCUT2D eigenvalue weighted by Crippen LogP contribution is -2.54. The number of aryl methyl sites for hydroxylation is 1. The fraction of sp³-hybridized carbons (Fsp3) is 0.550. The summed E-state index contributed by atoms with van der Waals surface area (Å²) in [6.07, 6.45) is 0.866. The molecular weight excluding hydrogens is 375 g/mol. The van der Waals surface area contributed by atoms with Crippen LogP contribution in [0.3, 0.4) is 0 Å². The lowest BCUT2D eigenvalue weighted by molar-refractivity contribution is 0.365. The van der Waals surface area contributed by atoms with Crippen LogP contribution in [0.25, 0.3) is 0 Å². The van der Waals surface area contributed by atoms with Crippen molar-refractivity contribution in [3.8, 4) is 0 Å². The van der Waals surface area contributed by atoms with Crippen molar-refractivity contribution in [1.82, 2.24) is 19.6 Å². The third-order valence-corrected chi connectivity index (χ3v) is 5.94. The largest absolute Gasteiger partial charge is 0.355 e. The zero-order chi connectivity index (χ0) is 20.1. The van der Waals surface area contributed by atoms with Gasteiger partial charge in [-0.05, 0) is 11.6 Å². The van der Waals surface area contributed by atoms with Crippen LogP contribution in [0.4, 0.5) is 9.52 Å². The first-order chi connectivity index (χ1) is 13.4.